The van der Waals surface area contributed by atoms with Crippen LogP contribution < -0.4 is 10.6 Å². The van der Waals surface area contributed by atoms with Crippen LogP contribution in [0.3, 0.4) is 0 Å². The van der Waals surface area contributed by atoms with Crippen molar-refractivity contribution in [2.75, 3.05) is 13.1 Å². The molecular formula is C14H18N2O4. The van der Waals surface area contributed by atoms with E-state index in [9.17, 15) is 14.7 Å². The maximum Gasteiger partial charge on any atom is 0.337 e. The Kier molecular flexibility index (Phi) is 4.06. The molecule has 108 valence electrons. The fraction of sp³-hybridized carbons (Fsp3) is 0.429. The first kappa shape index (κ1) is 14.5. The summed E-state index contributed by atoms with van der Waals surface area (Å²) in [7, 11) is 0. The Morgan fingerprint density at radius 2 is 2.15 bits per heavy atom. The number of carbonyl (C=O) groups excluding carboxylic acids is 1. The molecule has 20 heavy (non-hydrogen) atoms. The Morgan fingerprint density at radius 3 is 2.85 bits per heavy atom. The molecule has 1 heterocycles. The lowest BCUT2D eigenvalue weighted by Crippen LogP contribution is -2.46. The summed E-state index contributed by atoms with van der Waals surface area (Å²) in [6, 6.07) is 5.43. The summed E-state index contributed by atoms with van der Waals surface area (Å²) in [5, 5.41) is 24.0. The van der Waals surface area contributed by atoms with Gasteiger partial charge in [0.05, 0.1) is 6.54 Å². The zero-order valence-electron chi connectivity index (χ0n) is 11.3. The molecule has 6 heteroatoms. The highest BCUT2D eigenvalue weighted by Crippen LogP contribution is 2.16. The van der Waals surface area contributed by atoms with Gasteiger partial charge in [-0.25, -0.2) is 4.79 Å². The molecular weight excluding hydrogens is 260 g/mol. The number of fused-ring (bicyclic) bond motifs is 1. The Bertz CT molecular complexity index is 540. The number of aliphatic carboxylic acids is 1. The summed E-state index contributed by atoms with van der Waals surface area (Å²) in [4.78, 5) is 22.7. The second-order valence-electron chi connectivity index (χ2n) is 5.17. The Hall–Kier alpha value is -1.92. The Morgan fingerprint density at radius 1 is 1.40 bits per heavy atom. The second kappa shape index (κ2) is 5.60. The molecule has 1 aliphatic rings. The second-order valence-corrected chi connectivity index (χ2v) is 5.17. The van der Waals surface area contributed by atoms with Gasteiger partial charge in [0.25, 0.3) is 5.91 Å². The van der Waals surface area contributed by atoms with Crippen LogP contribution in [-0.2, 0) is 17.8 Å². The van der Waals surface area contributed by atoms with E-state index in [1.54, 1.807) is 12.1 Å². The van der Waals surface area contributed by atoms with Crippen molar-refractivity contribution in [2.45, 2.75) is 25.5 Å². The minimum Gasteiger partial charge on any atom is -0.479 e. The number of amides is 1. The van der Waals surface area contributed by atoms with Gasteiger partial charge in [-0.1, -0.05) is 6.07 Å². The van der Waals surface area contributed by atoms with E-state index in [1.807, 2.05) is 6.07 Å². The van der Waals surface area contributed by atoms with Gasteiger partial charge in [0.1, 0.15) is 0 Å². The van der Waals surface area contributed by atoms with E-state index in [0.717, 1.165) is 32.0 Å². The molecule has 1 aromatic carbocycles. The number of benzene rings is 1. The van der Waals surface area contributed by atoms with E-state index in [1.165, 1.54) is 5.56 Å². The van der Waals surface area contributed by atoms with Gasteiger partial charge in [0, 0.05) is 12.1 Å². The van der Waals surface area contributed by atoms with Gasteiger partial charge in [-0.15, -0.1) is 0 Å². The molecule has 0 saturated carbocycles. The topological polar surface area (TPSA) is 98.7 Å². The van der Waals surface area contributed by atoms with Crippen LogP contribution in [-0.4, -0.2) is 40.8 Å². The van der Waals surface area contributed by atoms with Crippen LogP contribution in [0.4, 0.5) is 0 Å². The number of rotatable bonds is 4. The Labute approximate surface area is 116 Å². The SMILES string of the molecule is CC(O)(CNC(=O)c1ccc2c(c1)CNCC2)C(=O)O. The third-order valence-electron chi connectivity index (χ3n) is 3.41. The molecule has 2 rings (SSSR count). The number of hydrogen-bond acceptors (Lipinski definition) is 4. The van der Waals surface area contributed by atoms with Crippen LogP contribution in [0.15, 0.2) is 18.2 Å². The summed E-state index contributed by atoms with van der Waals surface area (Å²) in [5.41, 5.74) is 0.797. The summed E-state index contributed by atoms with van der Waals surface area (Å²) in [5.74, 6) is -1.76. The van der Waals surface area contributed by atoms with Gasteiger partial charge in [-0.3, -0.25) is 4.79 Å². The van der Waals surface area contributed by atoms with Gasteiger partial charge >= 0.3 is 5.97 Å². The van der Waals surface area contributed by atoms with Crippen LogP contribution in [0.1, 0.15) is 28.4 Å². The monoisotopic (exact) mass is 278 g/mol. The van der Waals surface area contributed by atoms with Crippen LogP contribution in [0.5, 0.6) is 0 Å². The minimum atomic E-state index is -1.97. The molecule has 1 aromatic rings. The van der Waals surface area contributed by atoms with Crippen molar-refractivity contribution in [1.29, 1.82) is 0 Å². The van der Waals surface area contributed by atoms with Gasteiger partial charge in [0.2, 0.25) is 0 Å². The number of carboxylic acid groups (broad SMARTS) is 1. The lowest BCUT2D eigenvalue weighted by molar-refractivity contribution is -0.155. The molecule has 1 amide bonds. The molecule has 0 saturated heterocycles. The van der Waals surface area contributed by atoms with Gasteiger partial charge < -0.3 is 20.8 Å². The summed E-state index contributed by atoms with van der Waals surface area (Å²) in [6.07, 6.45) is 0.935. The lowest BCUT2D eigenvalue weighted by Gasteiger charge is -2.20. The Balaban J connectivity index is 2.04. The smallest absolute Gasteiger partial charge is 0.337 e. The van der Waals surface area contributed by atoms with Crippen LogP contribution in [0.25, 0.3) is 0 Å². The van der Waals surface area contributed by atoms with Crippen molar-refractivity contribution in [3.63, 3.8) is 0 Å². The maximum absolute atomic E-state index is 12.0. The van der Waals surface area contributed by atoms with Crippen molar-refractivity contribution in [2.24, 2.45) is 0 Å². The maximum atomic E-state index is 12.0. The quantitative estimate of drug-likeness (QED) is 0.616. The molecule has 1 aliphatic heterocycles. The molecule has 0 aliphatic carbocycles. The van der Waals surface area contributed by atoms with Crippen molar-refractivity contribution in [3.8, 4) is 0 Å². The predicted octanol–water partition coefficient (Wildman–Crippen LogP) is -0.102. The average molecular weight is 278 g/mol. The summed E-state index contributed by atoms with van der Waals surface area (Å²) < 4.78 is 0. The predicted molar refractivity (Wildman–Crippen MR) is 72.4 cm³/mol. The van der Waals surface area contributed by atoms with E-state index >= 15 is 0 Å². The number of nitrogens with one attached hydrogen (secondary N) is 2. The lowest BCUT2D eigenvalue weighted by atomic mass is 9.98. The standard InChI is InChI=1S/C14H18N2O4/c1-14(20,13(18)19)8-16-12(17)10-3-2-9-4-5-15-7-11(9)6-10/h2-3,6,15,20H,4-5,7-8H2,1H3,(H,16,17)(H,18,19). The average Bonchev–Trinajstić information content (AvgIpc) is 2.44. The van der Waals surface area contributed by atoms with Crippen molar-refractivity contribution >= 4 is 11.9 Å². The molecule has 0 spiro atoms. The van der Waals surface area contributed by atoms with Gasteiger partial charge in [-0.2, -0.15) is 0 Å². The van der Waals surface area contributed by atoms with E-state index in [2.05, 4.69) is 10.6 Å². The fourth-order valence-corrected chi connectivity index (χ4v) is 2.05. The normalized spacial score (nSPS) is 16.9. The molecule has 0 radical (unpaired) electrons. The van der Waals surface area contributed by atoms with E-state index < -0.39 is 11.6 Å². The molecule has 1 atom stereocenters. The highest BCUT2D eigenvalue weighted by atomic mass is 16.4. The highest BCUT2D eigenvalue weighted by molar-refractivity contribution is 5.95. The number of aliphatic hydroxyl groups is 1. The van der Waals surface area contributed by atoms with Gasteiger partial charge in [-0.05, 0) is 43.1 Å². The van der Waals surface area contributed by atoms with Crippen LogP contribution in [0.2, 0.25) is 0 Å². The third kappa shape index (κ3) is 3.15. The zero-order valence-corrected chi connectivity index (χ0v) is 11.3. The third-order valence-corrected chi connectivity index (χ3v) is 3.41. The largest absolute Gasteiger partial charge is 0.479 e. The molecule has 6 nitrogen and oxygen atoms in total. The number of hydrogen-bond donors (Lipinski definition) is 4. The van der Waals surface area contributed by atoms with Crippen molar-refractivity contribution < 1.29 is 19.8 Å². The van der Waals surface area contributed by atoms with Crippen LogP contribution in [0, 0.1) is 0 Å². The molecule has 0 bridgehead atoms. The number of carboxylic acids is 1. The van der Waals surface area contributed by atoms with E-state index in [4.69, 9.17) is 5.11 Å². The molecule has 4 N–H and O–H groups in total. The zero-order chi connectivity index (χ0) is 14.8. The van der Waals surface area contributed by atoms with Gasteiger partial charge in [0.15, 0.2) is 5.60 Å². The van der Waals surface area contributed by atoms with E-state index in [0.29, 0.717) is 5.56 Å². The molecule has 1 unspecified atom stereocenters. The first-order valence-electron chi connectivity index (χ1n) is 6.46. The fourth-order valence-electron chi connectivity index (χ4n) is 2.05. The van der Waals surface area contributed by atoms with Crippen LogP contribution >= 0.6 is 0 Å². The summed E-state index contributed by atoms with van der Waals surface area (Å²) in [6.45, 7) is 2.46. The molecule has 0 aromatic heterocycles. The number of carbonyl (C=O) groups is 2. The van der Waals surface area contributed by atoms with E-state index in [-0.39, 0.29) is 12.5 Å². The van der Waals surface area contributed by atoms with Crippen molar-refractivity contribution in [3.05, 3.63) is 34.9 Å². The van der Waals surface area contributed by atoms with Crippen molar-refractivity contribution in [1.82, 2.24) is 10.6 Å². The first-order chi connectivity index (χ1) is 9.40. The highest BCUT2D eigenvalue weighted by Gasteiger charge is 2.30. The summed E-state index contributed by atoms with van der Waals surface area (Å²) >= 11 is 0. The minimum absolute atomic E-state index is 0.337. The molecule has 0 fully saturated rings. The first-order valence-corrected chi connectivity index (χ1v) is 6.46.